The average molecular weight is 322 g/mol. The highest BCUT2D eigenvalue weighted by atomic mass is 16.5. The number of aryl methyl sites for hydroxylation is 2. The topological polar surface area (TPSA) is 65.2 Å². The monoisotopic (exact) mass is 322 g/mol. The van der Waals surface area contributed by atoms with Crippen molar-refractivity contribution in [2.45, 2.75) is 31.6 Å². The Morgan fingerprint density at radius 1 is 1.25 bits per heavy atom. The lowest BCUT2D eigenvalue weighted by Crippen LogP contribution is -2.05. The van der Waals surface area contributed by atoms with E-state index in [1.165, 1.54) is 12.7 Å². The van der Waals surface area contributed by atoms with Crippen LogP contribution in [-0.4, -0.2) is 23.2 Å². The molecule has 1 saturated carbocycles. The zero-order chi connectivity index (χ0) is 16.5. The molecule has 5 nitrogen and oxygen atoms in total. The molecular weight excluding hydrogens is 304 g/mol. The van der Waals surface area contributed by atoms with Gasteiger partial charge in [-0.25, -0.2) is 9.78 Å². The number of rotatable bonds is 5. The van der Waals surface area contributed by atoms with Crippen LogP contribution in [0.25, 0.3) is 11.1 Å². The summed E-state index contributed by atoms with van der Waals surface area (Å²) in [4.78, 5) is 16.8. The van der Waals surface area contributed by atoms with Crippen LogP contribution in [-0.2, 0) is 17.6 Å². The van der Waals surface area contributed by atoms with Crippen LogP contribution in [0.5, 0.6) is 0 Å². The summed E-state index contributed by atoms with van der Waals surface area (Å²) in [5.41, 5.74) is 3.81. The molecule has 0 spiro atoms. The lowest BCUT2D eigenvalue weighted by Gasteiger charge is -2.05. The Labute approximate surface area is 139 Å². The van der Waals surface area contributed by atoms with Crippen molar-refractivity contribution in [2.24, 2.45) is 0 Å². The molecule has 0 bridgehead atoms. The molecule has 24 heavy (non-hydrogen) atoms. The Morgan fingerprint density at radius 3 is 2.75 bits per heavy atom. The second-order valence-electron chi connectivity index (χ2n) is 6.16. The predicted molar refractivity (Wildman–Crippen MR) is 89.0 cm³/mol. The second-order valence-corrected chi connectivity index (χ2v) is 6.16. The molecule has 2 heterocycles. The molecule has 3 aromatic rings. The van der Waals surface area contributed by atoms with Gasteiger partial charge in [0.05, 0.1) is 23.8 Å². The number of esters is 1. The van der Waals surface area contributed by atoms with Crippen molar-refractivity contribution >= 4 is 17.1 Å². The zero-order valence-corrected chi connectivity index (χ0v) is 13.5. The molecule has 0 atom stereocenters. The molecule has 2 aromatic heterocycles. The van der Waals surface area contributed by atoms with Gasteiger partial charge in [-0.3, -0.25) is 0 Å². The maximum atomic E-state index is 12.2. The van der Waals surface area contributed by atoms with Crippen LogP contribution < -0.4 is 0 Å². The van der Waals surface area contributed by atoms with Crippen LogP contribution in [0.4, 0.5) is 0 Å². The number of aromatic nitrogens is 2. The third-order valence-corrected chi connectivity index (χ3v) is 4.43. The quantitative estimate of drug-likeness (QED) is 0.671. The van der Waals surface area contributed by atoms with Gasteiger partial charge in [0.15, 0.2) is 0 Å². The van der Waals surface area contributed by atoms with Gasteiger partial charge in [-0.15, -0.1) is 0 Å². The number of pyridine rings is 1. The Morgan fingerprint density at radius 2 is 2.04 bits per heavy atom. The first-order valence-corrected chi connectivity index (χ1v) is 8.17. The van der Waals surface area contributed by atoms with E-state index in [-0.39, 0.29) is 5.97 Å². The van der Waals surface area contributed by atoms with E-state index in [0.29, 0.717) is 29.0 Å². The van der Waals surface area contributed by atoms with Crippen molar-refractivity contribution in [3.8, 4) is 0 Å². The Hall–Kier alpha value is -2.69. The Bertz CT molecular complexity index is 882. The van der Waals surface area contributed by atoms with Crippen molar-refractivity contribution in [3.05, 3.63) is 58.9 Å². The molecular formula is C19H18N2O3. The maximum Gasteiger partial charge on any atom is 0.338 e. The van der Waals surface area contributed by atoms with Crippen LogP contribution >= 0.6 is 0 Å². The number of carbonyl (C=O) groups excluding carboxylic acids is 1. The summed E-state index contributed by atoms with van der Waals surface area (Å²) in [5, 5.41) is 4.85. The van der Waals surface area contributed by atoms with Crippen molar-refractivity contribution < 1.29 is 14.1 Å². The summed E-state index contributed by atoms with van der Waals surface area (Å²) in [7, 11) is 1.39. The fraction of sp³-hybridized carbons (Fsp3) is 0.316. The number of benzene rings is 1. The minimum Gasteiger partial charge on any atom is -0.465 e. The SMILES string of the molecule is COC(=O)c1cc(C2CC2)nc2onc(CCc3ccccc3)c12. The van der Waals surface area contributed by atoms with Gasteiger partial charge in [0, 0.05) is 11.6 Å². The largest absolute Gasteiger partial charge is 0.465 e. The van der Waals surface area contributed by atoms with Crippen molar-refractivity contribution in [1.82, 2.24) is 10.1 Å². The van der Waals surface area contributed by atoms with Gasteiger partial charge in [-0.2, -0.15) is 0 Å². The summed E-state index contributed by atoms with van der Waals surface area (Å²) in [6.45, 7) is 0. The van der Waals surface area contributed by atoms with Crippen molar-refractivity contribution in [2.75, 3.05) is 7.11 Å². The van der Waals surface area contributed by atoms with Gasteiger partial charge in [0.25, 0.3) is 5.71 Å². The molecule has 0 saturated heterocycles. The maximum absolute atomic E-state index is 12.2. The minimum atomic E-state index is -0.367. The third-order valence-electron chi connectivity index (χ3n) is 4.43. The summed E-state index contributed by atoms with van der Waals surface area (Å²) in [6, 6.07) is 12.0. The van der Waals surface area contributed by atoms with E-state index in [1.54, 1.807) is 0 Å². The highest BCUT2D eigenvalue weighted by molar-refractivity contribution is 6.03. The smallest absolute Gasteiger partial charge is 0.338 e. The number of carbonyl (C=O) groups is 1. The fourth-order valence-electron chi connectivity index (χ4n) is 2.97. The Balaban J connectivity index is 1.72. The van der Waals surface area contributed by atoms with E-state index >= 15 is 0 Å². The molecule has 1 fully saturated rings. The molecule has 1 aromatic carbocycles. The Kier molecular flexibility index (Phi) is 3.76. The lowest BCUT2D eigenvalue weighted by molar-refractivity contribution is 0.0602. The highest BCUT2D eigenvalue weighted by Crippen LogP contribution is 2.40. The van der Waals surface area contributed by atoms with Gasteiger partial charge in [0.1, 0.15) is 0 Å². The number of ether oxygens (including phenoxy) is 1. The van der Waals surface area contributed by atoms with Crippen LogP contribution in [0.1, 0.15) is 46.1 Å². The fourth-order valence-corrected chi connectivity index (χ4v) is 2.97. The summed E-state index contributed by atoms with van der Waals surface area (Å²) in [5.74, 6) is 0.0594. The minimum absolute atomic E-state index is 0.367. The molecule has 0 amide bonds. The molecule has 0 aliphatic heterocycles. The van der Waals surface area contributed by atoms with Crippen LogP contribution in [0.15, 0.2) is 40.9 Å². The van der Waals surface area contributed by atoms with E-state index in [2.05, 4.69) is 22.3 Å². The first-order chi connectivity index (χ1) is 11.8. The van der Waals surface area contributed by atoms with Gasteiger partial charge in [0.2, 0.25) is 0 Å². The van der Waals surface area contributed by atoms with E-state index in [9.17, 15) is 4.79 Å². The van der Waals surface area contributed by atoms with Crippen molar-refractivity contribution in [3.63, 3.8) is 0 Å². The standard InChI is InChI=1S/C19H18N2O3/c1-23-19(22)14-11-16(13-8-9-13)20-18-17(14)15(21-24-18)10-7-12-5-3-2-4-6-12/h2-6,11,13H,7-10H2,1H3. The normalized spacial score (nSPS) is 14.0. The molecule has 1 aliphatic carbocycles. The molecule has 0 unspecified atom stereocenters. The lowest BCUT2D eigenvalue weighted by atomic mass is 10.0. The van der Waals surface area contributed by atoms with Crippen LogP contribution in [0.3, 0.4) is 0 Å². The number of hydrogen-bond acceptors (Lipinski definition) is 5. The van der Waals surface area contributed by atoms with E-state index in [0.717, 1.165) is 30.7 Å². The second kappa shape index (κ2) is 6.07. The molecule has 4 rings (SSSR count). The van der Waals surface area contributed by atoms with Crippen LogP contribution in [0, 0.1) is 0 Å². The van der Waals surface area contributed by atoms with Gasteiger partial charge in [-0.05, 0) is 37.3 Å². The summed E-state index contributed by atoms with van der Waals surface area (Å²) < 4.78 is 10.4. The average Bonchev–Trinajstić information content (AvgIpc) is 3.40. The number of nitrogens with zero attached hydrogens (tertiary/aromatic N) is 2. The van der Waals surface area contributed by atoms with Gasteiger partial charge < -0.3 is 9.26 Å². The molecule has 1 aliphatic rings. The van der Waals surface area contributed by atoms with E-state index < -0.39 is 0 Å². The molecule has 0 radical (unpaired) electrons. The predicted octanol–water partition coefficient (Wildman–Crippen LogP) is 3.67. The summed E-state index contributed by atoms with van der Waals surface area (Å²) >= 11 is 0. The molecule has 0 N–H and O–H groups in total. The van der Waals surface area contributed by atoms with Gasteiger partial charge >= 0.3 is 5.97 Å². The molecule has 122 valence electrons. The number of fused-ring (bicyclic) bond motifs is 1. The highest BCUT2D eigenvalue weighted by Gasteiger charge is 2.29. The van der Waals surface area contributed by atoms with Gasteiger partial charge in [-0.1, -0.05) is 35.5 Å². The first-order valence-electron chi connectivity index (χ1n) is 8.17. The van der Waals surface area contributed by atoms with E-state index in [4.69, 9.17) is 9.26 Å². The molecule has 5 heteroatoms. The first kappa shape index (κ1) is 14.9. The number of hydrogen-bond donors (Lipinski definition) is 0. The number of methoxy groups -OCH3 is 1. The van der Waals surface area contributed by atoms with E-state index in [1.807, 2.05) is 24.3 Å². The van der Waals surface area contributed by atoms with Crippen LogP contribution in [0.2, 0.25) is 0 Å². The third kappa shape index (κ3) is 2.77. The zero-order valence-electron chi connectivity index (χ0n) is 13.5. The summed E-state index contributed by atoms with van der Waals surface area (Å²) in [6.07, 6.45) is 3.72. The van der Waals surface area contributed by atoms with Crippen molar-refractivity contribution in [1.29, 1.82) is 0 Å².